The van der Waals surface area contributed by atoms with Gasteiger partial charge < -0.3 is 15.4 Å². The maximum absolute atomic E-state index is 13.5. The molecule has 0 radical (unpaired) electrons. The SMILES string of the molecule is Cc1cc(C)c(S(=O)(=O)N2CCCO[C@@H]2CNC(=O)C(=O)NCc2ccc(Cl)cc2)c(C)c1. The lowest BCUT2D eigenvalue weighted by Crippen LogP contribution is -2.53. The maximum Gasteiger partial charge on any atom is 0.309 e. The van der Waals surface area contributed by atoms with Crippen LogP contribution in [0.3, 0.4) is 0 Å². The van der Waals surface area contributed by atoms with E-state index in [1.807, 2.05) is 19.1 Å². The average Bonchev–Trinajstić information content (AvgIpc) is 2.76. The molecule has 2 amide bonds. The summed E-state index contributed by atoms with van der Waals surface area (Å²) in [6, 6.07) is 10.5. The van der Waals surface area contributed by atoms with E-state index in [0.29, 0.717) is 29.2 Å². The van der Waals surface area contributed by atoms with E-state index in [1.54, 1.807) is 38.1 Å². The van der Waals surface area contributed by atoms with Crippen LogP contribution in [0.1, 0.15) is 28.7 Å². The second kappa shape index (κ2) is 10.6. The van der Waals surface area contributed by atoms with Crippen LogP contribution in [0.15, 0.2) is 41.3 Å². The first kappa shape index (κ1) is 25.2. The zero-order valence-corrected chi connectivity index (χ0v) is 20.4. The topological polar surface area (TPSA) is 105 Å². The molecule has 3 rings (SSSR count). The molecule has 0 aromatic heterocycles. The fraction of sp³-hybridized carbons (Fsp3) is 0.391. The normalized spacial score (nSPS) is 16.9. The number of carbonyl (C=O) groups excluding carboxylic acids is 2. The van der Waals surface area contributed by atoms with Gasteiger partial charge in [0.2, 0.25) is 10.0 Å². The minimum Gasteiger partial charge on any atom is -0.360 e. The predicted octanol–water partition coefficient (Wildman–Crippen LogP) is 2.43. The van der Waals surface area contributed by atoms with Crippen molar-refractivity contribution >= 4 is 33.4 Å². The van der Waals surface area contributed by atoms with Crippen molar-refractivity contribution in [1.82, 2.24) is 14.9 Å². The zero-order valence-electron chi connectivity index (χ0n) is 18.9. The first-order valence-electron chi connectivity index (χ1n) is 10.6. The molecule has 2 aromatic rings. The van der Waals surface area contributed by atoms with Gasteiger partial charge in [-0.1, -0.05) is 41.4 Å². The molecule has 2 aromatic carbocycles. The van der Waals surface area contributed by atoms with Crippen LogP contribution < -0.4 is 10.6 Å². The Morgan fingerprint density at radius 1 is 1.06 bits per heavy atom. The van der Waals surface area contributed by atoms with Crippen LogP contribution in [0.5, 0.6) is 0 Å². The van der Waals surface area contributed by atoms with Gasteiger partial charge in [0.1, 0.15) is 6.23 Å². The minimum atomic E-state index is -3.86. The molecule has 1 saturated heterocycles. The first-order valence-corrected chi connectivity index (χ1v) is 12.4. The smallest absolute Gasteiger partial charge is 0.309 e. The number of rotatable bonds is 6. The molecule has 1 heterocycles. The Labute approximate surface area is 199 Å². The summed E-state index contributed by atoms with van der Waals surface area (Å²) in [6.45, 7) is 6.08. The summed E-state index contributed by atoms with van der Waals surface area (Å²) in [7, 11) is -3.86. The number of carbonyl (C=O) groups is 2. The van der Waals surface area contributed by atoms with E-state index in [1.165, 1.54) is 4.31 Å². The second-order valence-corrected chi connectivity index (χ2v) is 10.3. The molecule has 1 fully saturated rings. The van der Waals surface area contributed by atoms with Crippen LogP contribution >= 0.6 is 11.6 Å². The molecule has 1 aliphatic rings. The number of nitrogens with zero attached hydrogens (tertiary/aromatic N) is 1. The van der Waals surface area contributed by atoms with Crippen molar-refractivity contribution in [2.24, 2.45) is 0 Å². The molecule has 1 atom stereocenters. The van der Waals surface area contributed by atoms with Crippen LogP contribution in [-0.2, 0) is 30.9 Å². The number of aryl methyl sites for hydroxylation is 3. The van der Waals surface area contributed by atoms with Crippen molar-refractivity contribution < 1.29 is 22.7 Å². The molecular weight excluding hydrogens is 466 g/mol. The standard InChI is InChI=1S/C23H28ClN3O5S/c1-15-11-16(2)21(17(3)12-15)33(30,31)27-9-4-10-32-20(27)14-26-23(29)22(28)25-13-18-5-7-19(24)8-6-18/h5-8,11-12,20H,4,9-10,13-14H2,1-3H3,(H,25,28)(H,26,29)/t20-/m1/s1. The van der Waals surface area contributed by atoms with Gasteiger partial charge in [-0.2, -0.15) is 4.31 Å². The van der Waals surface area contributed by atoms with E-state index in [0.717, 1.165) is 11.1 Å². The van der Waals surface area contributed by atoms with E-state index in [4.69, 9.17) is 16.3 Å². The summed E-state index contributed by atoms with van der Waals surface area (Å²) < 4.78 is 33.8. The van der Waals surface area contributed by atoms with Crippen LogP contribution in [0.25, 0.3) is 0 Å². The van der Waals surface area contributed by atoms with Gasteiger partial charge in [-0.15, -0.1) is 0 Å². The molecule has 0 saturated carbocycles. The predicted molar refractivity (Wildman–Crippen MR) is 125 cm³/mol. The number of sulfonamides is 1. The van der Waals surface area contributed by atoms with E-state index in [2.05, 4.69) is 10.6 Å². The second-order valence-electron chi connectivity index (χ2n) is 8.04. The van der Waals surface area contributed by atoms with Crippen molar-refractivity contribution in [2.45, 2.75) is 44.9 Å². The number of nitrogens with one attached hydrogen (secondary N) is 2. The molecule has 1 aliphatic heterocycles. The number of hydrogen-bond donors (Lipinski definition) is 2. The number of halogens is 1. The first-order chi connectivity index (χ1) is 15.6. The Hall–Kier alpha value is -2.46. The molecule has 0 aliphatic carbocycles. The summed E-state index contributed by atoms with van der Waals surface area (Å²) in [6.07, 6.45) is -0.369. The minimum absolute atomic E-state index is 0.142. The molecule has 0 bridgehead atoms. The van der Waals surface area contributed by atoms with Crippen LogP contribution in [0.4, 0.5) is 0 Å². The van der Waals surface area contributed by atoms with Gasteiger partial charge in [-0.3, -0.25) is 9.59 Å². The van der Waals surface area contributed by atoms with E-state index in [9.17, 15) is 18.0 Å². The highest BCUT2D eigenvalue weighted by atomic mass is 35.5. The van der Waals surface area contributed by atoms with Gasteiger partial charge in [0.05, 0.1) is 18.0 Å². The lowest BCUT2D eigenvalue weighted by Gasteiger charge is -2.35. The fourth-order valence-corrected chi connectivity index (χ4v) is 6.03. The number of ether oxygens (including phenoxy) is 1. The monoisotopic (exact) mass is 493 g/mol. The number of amides is 2. The maximum atomic E-state index is 13.5. The summed E-state index contributed by atoms with van der Waals surface area (Å²) in [5.41, 5.74) is 3.08. The van der Waals surface area contributed by atoms with E-state index < -0.39 is 28.1 Å². The van der Waals surface area contributed by atoms with Crippen LogP contribution in [0.2, 0.25) is 5.02 Å². The molecule has 2 N–H and O–H groups in total. The van der Waals surface area contributed by atoms with Gasteiger partial charge in [-0.25, -0.2) is 8.42 Å². The molecular formula is C23H28ClN3O5S. The fourth-order valence-electron chi connectivity index (χ4n) is 3.92. The Morgan fingerprint density at radius 2 is 1.67 bits per heavy atom. The van der Waals surface area contributed by atoms with Crippen molar-refractivity contribution in [1.29, 1.82) is 0 Å². The molecule has 8 nitrogen and oxygen atoms in total. The van der Waals surface area contributed by atoms with Gasteiger partial charge in [-0.05, 0) is 56.0 Å². The van der Waals surface area contributed by atoms with E-state index in [-0.39, 0.29) is 24.5 Å². The third kappa shape index (κ3) is 6.11. The quantitative estimate of drug-likeness (QED) is 0.601. The third-order valence-corrected chi connectivity index (χ3v) is 7.78. The van der Waals surface area contributed by atoms with Crippen molar-refractivity contribution in [3.8, 4) is 0 Å². The van der Waals surface area contributed by atoms with E-state index >= 15 is 0 Å². The molecule has 178 valence electrons. The molecule has 10 heteroatoms. The largest absolute Gasteiger partial charge is 0.360 e. The third-order valence-electron chi connectivity index (χ3n) is 5.34. The molecule has 33 heavy (non-hydrogen) atoms. The summed E-state index contributed by atoms with van der Waals surface area (Å²) in [4.78, 5) is 24.7. The Kier molecular flexibility index (Phi) is 8.12. The summed E-state index contributed by atoms with van der Waals surface area (Å²) in [5.74, 6) is -1.68. The number of benzene rings is 2. The molecule has 0 spiro atoms. The summed E-state index contributed by atoms with van der Waals surface area (Å²) >= 11 is 5.84. The Balaban J connectivity index is 1.65. The van der Waals surface area contributed by atoms with Gasteiger partial charge >= 0.3 is 11.8 Å². The average molecular weight is 494 g/mol. The van der Waals surface area contributed by atoms with Crippen LogP contribution in [-0.4, -0.2) is 50.5 Å². The van der Waals surface area contributed by atoms with Crippen LogP contribution in [0, 0.1) is 20.8 Å². The Morgan fingerprint density at radius 3 is 2.30 bits per heavy atom. The van der Waals surface area contributed by atoms with Crippen molar-refractivity contribution in [2.75, 3.05) is 19.7 Å². The van der Waals surface area contributed by atoms with Crippen molar-refractivity contribution in [3.63, 3.8) is 0 Å². The van der Waals surface area contributed by atoms with Crippen molar-refractivity contribution in [3.05, 3.63) is 63.7 Å². The highest BCUT2D eigenvalue weighted by Gasteiger charge is 2.36. The zero-order chi connectivity index (χ0) is 24.2. The van der Waals surface area contributed by atoms with Gasteiger partial charge in [0, 0.05) is 18.1 Å². The highest BCUT2D eigenvalue weighted by molar-refractivity contribution is 7.89. The summed E-state index contributed by atoms with van der Waals surface area (Å²) in [5, 5.41) is 5.59. The van der Waals surface area contributed by atoms with Gasteiger partial charge in [0.15, 0.2) is 0 Å². The highest BCUT2D eigenvalue weighted by Crippen LogP contribution is 2.28. The Bertz CT molecular complexity index is 1110. The molecule has 0 unspecified atom stereocenters. The number of hydrogen-bond acceptors (Lipinski definition) is 5. The van der Waals surface area contributed by atoms with Gasteiger partial charge in [0.25, 0.3) is 0 Å². The lowest BCUT2D eigenvalue weighted by atomic mass is 10.1. The lowest BCUT2D eigenvalue weighted by molar-refractivity contribution is -0.140.